The average molecular weight is 497 g/mol. The first-order valence-corrected chi connectivity index (χ1v) is 13.0. The van der Waals surface area contributed by atoms with Crippen molar-refractivity contribution in [2.75, 3.05) is 19.8 Å². The first-order valence-electron chi connectivity index (χ1n) is 13.0. The Bertz CT molecular complexity index is 1180. The minimum atomic E-state index is -0.249. The van der Waals surface area contributed by atoms with E-state index in [0.717, 1.165) is 11.1 Å². The highest BCUT2D eigenvalue weighted by Gasteiger charge is 2.27. The quantitative estimate of drug-likeness (QED) is 0.236. The Morgan fingerprint density at radius 2 is 1.81 bits per heavy atom. The fraction of sp³-hybridized carbons (Fsp3) is 0.517. The van der Waals surface area contributed by atoms with Crippen LogP contribution in [0.1, 0.15) is 85.7 Å². The molecule has 1 atom stereocenters. The van der Waals surface area contributed by atoms with Crippen molar-refractivity contribution >= 4 is 16.9 Å². The van der Waals surface area contributed by atoms with Gasteiger partial charge in [-0.15, -0.1) is 0 Å². The monoisotopic (exact) mass is 496 g/mol. The minimum absolute atomic E-state index is 0.102. The number of ketones is 1. The smallest absolute Gasteiger partial charge is 0.207 e. The molecule has 1 aliphatic rings. The van der Waals surface area contributed by atoms with Gasteiger partial charge in [-0.1, -0.05) is 38.3 Å². The van der Waals surface area contributed by atoms with E-state index in [2.05, 4.69) is 17.2 Å². The molecule has 0 aliphatic heterocycles. The van der Waals surface area contributed by atoms with Crippen LogP contribution >= 0.6 is 0 Å². The molecule has 6 nitrogen and oxygen atoms in total. The van der Waals surface area contributed by atoms with Gasteiger partial charge >= 0.3 is 0 Å². The zero-order chi connectivity index (χ0) is 25.7. The van der Waals surface area contributed by atoms with Crippen molar-refractivity contribution in [3.05, 3.63) is 52.7 Å². The summed E-state index contributed by atoms with van der Waals surface area (Å²) in [6, 6.07) is 7.07. The fourth-order valence-electron chi connectivity index (χ4n) is 5.05. The van der Waals surface area contributed by atoms with Crippen LogP contribution < -0.4 is 14.8 Å². The summed E-state index contributed by atoms with van der Waals surface area (Å²) in [5, 5.41) is 3.58. The van der Waals surface area contributed by atoms with Crippen LogP contribution in [0, 0.1) is 19.7 Å². The number of rotatable bonds is 11. The molecule has 4 rings (SSSR count). The van der Waals surface area contributed by atoms with E-state index in [4.69, 9.17) is 13.9 Å². The second-order valence-electron chi connectivity index (χ2n) is 9.85. The standard InChI is InChI=1S/C29H37FN2O4/c1-18(22-10-12-23(30)13-11-22)14-16-34-29-27(35-17-15-31-24-8-6-5-7-9-24)25(20(3)33)19(2)26-28(29)36-21(4)32-26/h10-13,18,24,31H,5-9,14-17H2,1-4H3. The summed E-state index contributed by atoms with van der Waals surface area (Å²) in [6.07, 6.45) is 6.94. The number of benzene rings is 2. The molecular weight excluding hydrogens is 459 g/mol. The lowest BCUT2D eigenvalue weighted by atomic mass is 9.96. The van der Waals surface area contributed by atoms with Gasteiger partial charge in [-0.25, -0.2) is 9.37 Å². The van der Waals surface area contributed by atoms with Crippen molar-refractivity contribution < 1.29 is 23.1 Å². The molecule has 1 aromatic heterocycles. The number of halogens is 1. The van der Waals surface area contributed by atoms with Crippen molar-refractivity contribution in [1.29, 1.82) is 0 Å². The Hall–Kier alpha value is -2.93. The van der Waals surface area contributed by atoms with E-state index >= 15 is 0 Å². The summed E-state index contributed by atoms with van der Waals surface area (Å²) in [4.78, 5) is 17.2. The number of ether oxygens (including phenoxy) is 2. The number of hydrogen-bond acceptors (Lipinski definition) is 6. The van der Waals surface area contributed by atoms with E-state index < -0.39 is 0 Å². The first kappa shape index (κ1) is 26.1. The highest BCUT2D eigenvalue weighted by atomic mass is 19.1. The lowest BCUT2D eigenvalue weighted by Gasteiger charge is -2.23. The van der Waals surface area contributed by atoms with Gasteiger partial charge in [0.15, 0.2) is 17.4 Å². The third-order valence-corrected chi connectivity index (χ3v) is 7.08. The third-order valence-electron chi connectivity index (χ3n) is 7.08. The molecule has 3 aromatic rings. The van der Waals surface area contributed by atoms with Crippen LogP contribution in [0.5, 0.6) is 11.5 Å². The third kappa shape index (κ3) is 6.06. The molecule has 0 saturated heterocycles. The number of fused-ring (bicyclic) bond motifs is 1. The molecule has 1 aliphatic carbocycles. The second kappa shape index (κ2) is 11.9. The number of aryl methyl sites for hydroxylation is 2. The summed E-state index contributed by atoms with van der Waals surface area (Å²) < 4.78 is 31.7. The number of oxazole rings is 1. The van der Waals surface area contributed by atoms with E-state index in [0.29, 0.717) is 66.3 Å². The van der Waals surface area contributed by atoms with Gasteiger partial charge in [0.05, 0.1) is 12.2 Å². The predicted octanol–water partition coefficient (Wildman–Crippen LogP) is 6.66. The lowest BCUT2D eigenvalue weighted by molar-refractivity contribution is 0.101. The largest absolute Gasteiger partial charge is 0.487 e. The molecule has 36 heavy (non-hydrogen) atoms. The van der Waals surface area contributed by atoms with Crippen LogP contribution in [0.3, 0.4) is 0 Å². The number of aromatic nitrogens is 1. The highest BCUT2D eigenvalue weighted by molar-refractivity contribution is 6.05. The molecule has 2 aromatic carbocycles. The molecule has 0 radical (unpaired) electrons. The second-order valence-corrected chi connectivity index (χ2v) is 9.85. The van der Waals surface area contributed by atoms with E-state index in [-0.39, 0.29) is 17.5 Å². The van der Waals surface area contributed by atoms with Gasteiger partial charge in [0, 0.05) is 19.5 Å². The lowest BCUT2D eigenvalue weighted by Crippen LogP contribution is -2.34. The Morgan fingerprint density at radius 3 is 2.50 bits per heavy atom. The Morgan fingerprint density at radius 1 is 1.11 bits per heavy atom. The number of carbonyl (C=O) groups excluding carboxylic acids is 1. The summed E-state index contributed by atoms with van der Waals surface area (Å²) in [5.74, 6) is 1.16. The molecule has 7 heteroatoms. The highest BCUT2D eigenvalue weighted by Crippen LogP contribution is 2.42. The van der Waals surface area contributed by atoms with Crippen molar-refractivity contribution in [1.82, 2.24) is 10.3 Å². The first-order chi connectivity index (χ1) is 17.3. The van der Waals surface area contributed by atoms with Gasteiger partial charge in [0.25, 0.3) is 0 Å². The fourth-order valence-corrected chi connectivity index (χ4v) is 5.05. The Labute approximate surface area is 212 Å². The maximum Gasteiger partial charge on any atom is 0.207 e. The maximum absolute atomic E-state index is 13.3. The van der Waals surface area contributed by atoms with Crippen LogP contribution in [-0.2, 0) is 0 Å². The average Bonchev–Trinajstić information content (AvgIpc) is 3.26. The predicted molar refractivity (Wildman–Crippen MR) is 139 cm³/mol. The molecule has 0 amide bonds. The number of carbonyl (C=O) groups is 1. The number of nitrogens with zero attached hydrogens (tertiary/aromatic N) is 1. The minimum Gasteiger partial charge on any atom is -0.487 e. The summed E-state index contributed by atoms with van der Waals surface area (Å²) in [7, 11) is 0. The molecule has 1 fully saturated rings. The number of Topliss-reactive ketones (excluding diaryl/α,β-unsaturated/α-hetero) is 1. The summed E-state index contributed by atoms with van der Waals surface area (Å²) >= 11 is 0. The van der Waals surface area contributed by atoms with Crippen LogP contribution in [-0.4, -0.2) is 36.6 Å². The normalized spacial score (nSPS) is 15.2. The van der Waals surface area contributed by atoms with Gasteiger partial charge in [-0.2, -0.15) is 0 Å². The van der Waals surface area contributed by atoms with Gasteiger partial charge < -0.3 is 19.2 Å². The molecule has 1 unspecified atom stereocenters. The molecule has 1 N–H and O–H groups in total. The molecule has 0 spiro atoms. The van der Waals surface area contributed by atoms with Gasteiger partial charge in [-0.3, -0.25) is 4.79 Å². The molecular formula is C29H37FN2O4. The van der Waals surface area contributed by atoms with Crippen LogP contribution in [0.4, 0.5) is 4.39 Å². The van der Waals surface area contributed by atoms with E-state index in [9.17, 15) is 9.18 Å². The van der Waals surface area contributed by atoms with E-state index in [1.165, 1.54) is 51.2 Å². The molecule has 194 valence electrons. The van der Waals surface area contributed by atoms with Gasteiger partial charge in [0.2, 0.25) is 11.3 Å². The van der Waals surface area contributed by atoms with Gasteiger partial charge in [-0.05, 0) is 62.3 Å². The van der Waals surface area contributed by atoms with Crippen molar-refractivity contribution in [2.45, 2.75) is 78.2 Å². The Kier molecular flexibility index (Phi) is 8.62. The Balaban J connectivity index is 1.54. The van der Waals surface area contributed by atoms with E-state index in [1.807, 2.05) is 6.92 Å². The summed E-state index contributed by atoms with van der Waals surface area (Å²) in [5.41, 5.74) is 3.37. The molecule has 0 bridgehead atoms. The topological polar surface area (TPSA) is 73.6 Å². The van der Waals surface area contributed by atoms with Crippen LogP contribution in [0.25, 0.3) is 11.1 Å². The number of hydrogen-bond donors (Lipinski definition) is 1. The van der Waals surface area contributed by atoms with Crippen molar-refractivity contribution in [2.24, 2.45) is 0 Å². The SMILES string of the molecule is CC(=O)c1c(OCCNC2CCCCC2)c(OCCC(C)c2ccc(F)cc2)c2oc(C)nc2c1C. The zero-order valence-corrected chi connectivity index (χ0v) is 21.8. The molecule has 1 heterocycles. The van der Waals surface area contributed by atoms with Crippen molar-refractivity contribution in [3.8, 4) is 11.5 Å². The van der Waals surface area contributed by atoms with Gasteiger partial charge in [0.1, 0.15) is 17.9 Å². The number of nitrogens with one attached hydrogen (secondary N) is 1. The van der Waals surface area contributed by atoms with Crippen LogP contribution in [0.15, 0.2) is 28.7 Å². The van der Waals surface area contributed by atoms with Crippen LogP contribution in [0.2, 0.25) is 0 Å². The summed E-state index contributed by atoms with van der Waals surface area (Å²) in [6.45, 7) is 8.75. The molecule has 1 saturated carbocycles. The van der Waals surface area contributed by atoms with Crippen molar-refractivity contribution in [3.63, 3.8) is 0 Å². The van der Waals surface area contributed by atoms with E-state index in [1.54, 1.807) is 19.1 Å². The maximum atomic E-state index is 13.3. The zero-order valence-electron chi connectivity index (χ0n) is 21.8.